The van der Waals surface area contributed by atoms with Crippen LogP contribution in [0, 0.1) is 6.92 Å². The summed E-state index contributed by atoms with van der Waals surface area (Å²) in [6, 6.07) is 10.1. The SMILES string of the molecule is C=CCOC[C@H](O)CN(CC(=O)N1CCc2sccc2[C@H]1COc1ccc(C)cc1)C(C)C. The number of benzene rings is 1. The number of aryl methyl sites for hydroxylation is 1. The van der Waals surface area contributed by atoms with Crippen molar-refractivity contribution >= 4 is 17.2 Å². The highest BCUT2D eigenvalue weighted by Gasteiger charge is 2.33. The topological polar surface area (TPSA) is 62.2 Å². The number of aliphatic hydroxyl groups excluding tert-OH is 1. The van der Waals surface area contributed by atoms with Gasteiger partial charge in [-0.05, 0) is 56.3 Å². The maximum Gasteiger partial charge on any atom is 0.237 e. The van der Waals surface area contributed by atoms with Gasteiger partial charge in [-0.3, -0.25) is 9.69 Å². The second-order valence-electron chi connectivity index (χ2n) is 8.78. The van der Waals surface area contributed by atoms with Gasteiger partial charge in [0.15, 0.2) is 0 Å². The molecule has 1 aromatic carbocycles. The molecule has 2 atom stereocenters. The zero-order valence-corrected chi connectivity index (χ0v) is 20.7. The smallest absolute Gasteiger partial charge is 0.237 e. The molecule has 33 heavy (non-hydrogen) atoms. The largest absolute Gasteiger partial charge is 0.491 e. The highest BCUT2D eigenvalue weighted by atomic mass is 32.1. The summed E-state index contributed by atoms with van der Waals surface area (Å²) in [5, 5.41) is 12.5. The molecule has 180 valence electrons. The van der Waals surface area contributed by atoms with Crippen molar-refractivity contribution in [2.45, 2.75) is 45.4 Å². The van der Waals surface area contributed by atoms with Crippen molar-refractivity contribution in [2.75, 3.05) is 39.5 Å². The van der Waals surface area contributed by atoms with Gasteiger partial charge >= 0.3 is 0 Å². The highest BCUT2D eigenvalue weighted by Crippen LogP contribution is 2.34. The van der Waals surface area contributed by atoms with Gasteiger partial charge in [-0.15, -0.1) is 17.9 Å². The zero-order valence-electron chi connectivity index (χ0n) is 19.9. The maximum absolute atomic E-state index is 13.5. The van der Waals surface area contributed by atoms with Crippen molar-refractivity contribution in [3.05, 3.63) is 64.4 Å². The van der Waals surface area contributed by atoms with Crippen LogP contribution in [-0.2, 0) is 16.0 Å². The number of fused-ring (bicyclic) bond motifs is 1. The Bertz CT molecular complexity index is 896. The third-order valence-corrected chi connectivity index (χ3v) is 6.90. The molecule has 3 rings (SSSR count). The number of rotatable bonds is 12. The lowest BCUT2D eigenvalue weighted by atomic mass is 10.00. The first-order valence-corrected chi connectivity index (χ1v) is 12.4. The molecule has 1 aliphatic rings. The molecule has 1 aliphatic heterocycles. The van der Waals surface area contributed by atoms with Crippen LogP contribution in [0.15, 0.2) is 48.4 Å². The summed E-state index contributed by atoms with van der Waals surface area (Å²) < 4.78 is 11.5. The second-order valence-corrected chi connectivity index (χ2v) is 9.78. The van der Waals surface area contributed by atoms with Gasteiger partial charge in [0.1, 0.15) is 12.4 Å². The summed E-state index contributed by atoms with van der Waals surface area (Å²) in [7, 11) is 0. The first kappa shape index (κ1) is 25.4. The first-order chi connectivity index (χ1) is 15.9. The molecule has 0 saturated heterocycles. The Hall–Kier alpha value is -2.19. The van der Waals surface area contributed by atoms with Gasteiger partial charge in [0.2, 0.25) is 5.91 Å². The van der Waals surface area contributed by atoms with E-state index < -0.39 is 6.10 Å². The van der Waals surface area contributed by atoms with E-state index in [4.69, 9.17) is 9.47 Å². The summed E-state index contributed by atoms with van der Waals surface area (Å²) in [4.78, 5) is 18.7. The molecule has 2 heterocycles. The Balaban J connectivity index is 1.67. The second kappa shape index (κ2) is 12.3. The molecule has 0 aliphatic carbocycles. The van der Waals surface area contributed by atoms with E-state index in [0.29, 0.717) is 26.3 Å². The van der Waals surface area contributed by atoms with E-state index in [1.54, 1.807) is 17.4 Å². The standard InChI is InChI=1S/C26H36N2O4S/c1-5-13-31-17-21(29)15-27(19(2)3)16-26(30)28-12-10-25-23(11-14-33-25)24(28)18-32-22-8-6-20(4)7-9-22/h5-9,11,14,19,21,24,29H,1,10,12-13,15-18H2,2-4H3/t21-,24-/m1/s1. The Morgan fingerprint density at radius 2 is 2.09 bits per heavy atom. The molecule has 0 unspecified atom stereocenters. The van der Waals surface area contributed by atoms with Gasteiger partial charge in [0.05, 0.1) is 31.9 Å². The Morgan fingerprint density at radius 1 is 1.33 bits per heavy atom. The van der Waals surface area contributed by atoms with Gasteiger partial charge in [0.25, 0.3) is 0 Å². The van der Waals surface area contributed by atoms with E-state index in [2.05, 4.69) is 18.0 Å². The lowest BCUT2D eigenvalue weighted by molar-refractivity contribution is -0.137. The number of hydrogen-bond acceptors (Lipinski definition) is 6. The third kappa shape index (κ3) is 7.14. The molecule has 1 amide bonds. The molecular weight excluding hydrogens is 436 g/mol. The van der Waals surface area contributed by atoms with Gasteiger partial charge in [-0.2, -0.15) is 0 Å². The van der Waals surface area contributed by atoms with Crippen LogP contribution >= 0.6 is 11.3 Å². The van der Waals surface area contributed by atoms with Crippen LogP contribution in [0.3, 0.4) is 0 Å². The number of thiophene rings is 1. The van der Waals surface area contributed by atoms with Crippen LogP contribution in [-0.4, -0.2) is 72.4 Å². The molecule has 1 aromatic heterocycles. The molecule has 0 radical (unpaired) electrons. The molecule has 0 spiro atoms. The minimum absolute atomic E-state index is 0.0530. The van der Waals surface area contributed by atoms with Crippen molar-refractivity contribution in [3.63, 3.8) is 0 Å². The van der Waals surface area contributed by atoms with E-state index in [0.717, 1.165) is 12.2 Å². The minimum Gasteiger partial charge on any atom is -0.491 e. The Morgan fingerprint density at radius 3 is 2.79 bits per heavy atom. The average Bonchev–Trinajstić information content (AvgIpc) is 3.27. The lowest BCUT2D eigenvalue weighted by Crippen LogP contribution is -2.49. The summed E-state index contributed by atoms with van der Waals surface area (Å²) in [5.74, 6) is 0.860. The van der Waals surface area contributed by atoms with Gasteiger partial charge < -0.3 is 19.5 Å². The normalized spacial score (nSPS) is 16.7. The molecule has 0 fully saturated rings. The number of hydrogen-bond donors (Lipinski definition) is 1. The van der Waals surface area contributed by atoms with Crippen molar-refractivity contribution < 1.29 is 19.4 Å². The van der Waals surface area contributed by atoms with Crippen LogP contribution in [0.2, 0.25) is 0 Å². The Kier molecular flexibility index (Phi) is 9.50. The predicted molar refractivity (Wildman–Crippen MR) is 133 cm³/mol. The molecule has 6 nitrogen and oxygen atoms in total. The summed E-state index contributed by atoms with van der Waals surface area (Å²) >= 11 is 1.75. The van der Waals surface area contributed by atoms with Gasteiger partial charge in [-0.25, -0.2) is 0 Å². The first-order valence-electron chi connectivity index (χ1n) is 11.5. The van der Waals surface area contributed by atoms with Crippen LogP contribution in [0.1, 0.15) is 35.9 Å². The van der Waals surface area contributed by atoms with Crippen molar-refractivity contribution in [3.8, 4) is 5.75 Å². The van der Waals surface area contributed by atoms with Crippen LogP contribution in [0.5, 0.6) is 5.75 Å². The lowest BCUT2D eigenvalue weighted by Gasteiger charge is -2.38. The van der Waals surface area contributed by atoms with E-state index in [1.807, 2.05) is 54.8 Å². The van der Waals surface area contributed by atoms with Crippen molar-refractivity contribution in [1.29, 1.82) is 0 Å². The number of aliphatic hydroxyl groups is 1. The maximum atomic E-state index is 13.5. The fourth-order valence-electron chi connectivity index (χ4n) is 4.02. The fourth-order valence-corrected chi connectivity index (χ4v) is 4.95. The number of nitrogens with zero attached hydrogens (tertiary/aromatic N) is 2. The molecule has 1 N–H and O–H groups in total. The molecular formula is C26H36N2O4S. The average molecular weight is 473 g/mol. The fraction of sp³-hybridized carbons (Fsp3) is 0.500. The van der Waals surface area contributed by atoms with E-state index in [1.165, 1.54) is 16.0 Å². The van der Waals surface area contributed by atoms with Crippen LogP contribution in [0.4, 0.5) is 0 Å². The van der Waals surface area contributed by atoms with Crippen molar-refractivity contribution in [1.82, 2.24) is 9.80 Å². The monoisotopic (exact) mass is 472 g/mol. The highest BCUT2D eigenvalue weighted by molar-refractivity contribution is 7.10. The molecule has 0 bridgehead atoms. The number of amides is 1. The molecule has 0 saturated carbocycles. The Labute approximate surface area is 201 Å². The van der Waals surface area contributed by atoms with Crippen LogP contribution < -0.4 is 4.74 Å². The predicted octanol–water partition coefficient (Wildman–Crippen LogP) is 3.84. The zero-order chi connectivity index (χ0) is 23.8. The van der Waals surface area contributed by atoms with E-state index >= 15 is 0 Å². The minimum atomic E-state index is -0.661. The molecule has 2 aromatic rings. The third-order valence-electron chi connectivity index (χ3n) is 5.90. The molecule has 7 heteroatoms. The van der Waals surface area contributed by atoms with E-state index in [-0.39, 0.29) is 31.1 Å². The van der Waals surface area contributed by atoms with Crippen LogP contribution in [0.25, 0.3) is 0 Å². The van der Waals surface area contributed by atoms with E-state index in [9.17, 15) is 9.90 Å². The van der Waals surface area contributed by atoms with Crippen molar-refractivity contribution in [2.24, 2.45) is 0 Å². The quantitative estimate of drug-likeness (QED) is 0.376. The number of ether oxygens (including phenoxy) is 2. The summed E-state index contributed by atoms with van der Waals surface area (Å²) in [6.45, 7) is 12.1. The summed E-state index contributed by atoms with van der Waals surface area (Å²) in [5.41, 5.74) is 2.36. The number of carbonyl (C=O) groups excluding carboxylic acids is 1. The van der Waals surface area contributed by atoms with Gasteiger partial charge in [-0.1, -0.05) is 23.8 Å². The van der Waals surface area contributed by atoms with Gasteiger partial charge in [0, 0.05) is 24.0 Å². The number of carbonyl (C=O) groups is 1. The summed E-state index contributed by atoms with van der Waals surface area (Å²) in [6.07, 6.45) is 1.86.